The number of aliphatic hydroxyl groups is 1. The third kappa shape index (κ3) is 3.54. The summed E-state index contributed by atoms with van der Waals surface area (Å²) in [4.78, 5) is 37.9. The molecule has 8 nitrogen and oxygen atoms in total. The number of carbonyl (C=O) groups excluding carboxylic acids is 1. The van der Waals surface area contributed by atoms with Crippen LogP contribution in [0.2, 0.25) is 0 Å². The minimum atomic E-state index is -0.753. The van der Waals surface area contributed by atoms with Crippen molar-refractivity contribution >= 4 is 5.97 Å². The van der Waals surface area contributed by atoms with E-state index in [0.717, 1.165) is 0 Å². The van der Waals surface area contributed by atoms with E-state index in [1.54, 1.807) is 37.3 Å². The molecule has 1 aromatic heterocycles. The van der Waals surface area contributed by atoms with E-state index >= 15 is 0 Å². The van der Waals surface area contributed by atoms with Gasteiger partial charge in [0.2, 0.25) is 0 Å². The van der Waals surface area contributed by atoms with Crippen LogP contribution < -0.4 is 11.2 Å². The molecule has 3 atom stereocenters. The lowest BCUT2D eigenvalue weighted by Gasteiger charge is -2.16. The molecule has 2 aromatic rings. The van der Waals surface area contributed by atoms with E-state index in [9.17, 15) is 19.5 Å². The zero-order valence-corrected chi connectivity index (χ0v) is 13.5. The minimum Gasteiger partial charge on any atom is -0.456 e. The number of hydrogen-bond donors (Lipinski definition) is 2. The second kappa shape index (κ2) is 7.04. The van der Waals surface area contributed by atoms with Crippen LogP contribution in [0, 0.1) is 6.92 Å². The van der Waals surface area contributed by atoms with E-state index in [-0.39, 0.29) is 13.0 Å². The fourth-order valence-corrected chi connectivity index (χ4v) is 2.74. The molecule has 2 heterocycles. The molecule has 1 aliphatic heterocycles. The third-order valence-electron chi connectivity index (χ3n) is 4.08. The molecule has 0 aliphatic carbocycles. The average Bonchev–Trinajstić information content (AvgIpc) is 3.01. The Balaban J connectivity index is 1.79. The number of nitrogens with zero attached hydrogens (tertiary/aromatic N) is 1. The number of aromatic nitrogens is 2. The lowest BCUT2D eigenvalue weighted by molar-refractivity contribution is -0.0522. The van der Waals surface area contributed by atoms with Gasteiger partial charge in [-0.25, -0.2) is 9.59 Å². The van der Waals surface area contributed by atoms with Gasteiger partial charge in [0.15, 0.2) is 0 Å². The van der Waals surface area contributed by atoms with Crippen LogP contribution in [0.5, 0.6) is 0 Å². The highest BCUT2D eigenvalue weighted by Gasteiger charge is 2.39. The molecule has 8 heteroatoms. The highest BCUT2D eigenvalue weighted by atomic mass is 16.6. The smallest absolute Gasteiger partial charge is 0.338 e. The molecule has 3 unspecified atom stereocenters. The Kier molecular flexibility index (Phi) is 4.82. The van der Waals surface area contributed by atoms with Crippen molar-refractivity contribution in [1.82, 2.24) is 9.55 Å². The summed E-state index contributed by atoms with van der Waals surface area (Å²) in [6, 6.07) is 8.47. The number of aromatic amines is 1. The zero-order chi connectivity index (χ0) is 18.0. The van der Waals surface area contributed by atoms with Crippen molar-refractivity contribution in [2.45, 2.75) is 31.8 Å². The number of esters is 1. The summed E-state index contributed by atoms with van der Waals surface area (Å²) < 4.78 is 12.3. The highest BCUT2D eigenvalue weighted by Crippen LogP contribution is 2.30. The van der Waals surface area contributed by atoms with E-state index in [0.29, 0.717) is 11.1 Å². The third-order valence-corrected chi connectivity index (χ3v) is 4.08. The standard InChI is InChI=1S/C17H18N2O6/c1-10-8-19(17(23)18-15(10)21)14-7-12(13(9-20)24-14)25-16(22)11-5-3-2-4-6-11/h2-6,8,12-14,20H,7,9H2,1H3,(H,18,21,23). The molecule has 132 valence electrons. The number of aryl methyl sites for hydroxylation is 1. The maximum atomic E-state index is 12.2. The van der Waals surface area contributed by atoms with Gasteiger partial charge in [0.25, 0.3) is 5.56 Å². The van der Waals surface area contributed by atoms with Crippen LogP contribution in [-0.4, -0.2) is 39.4 Å². The van der Waals surface area contributed by atoms with Crippen molar-refractivity contribution in [3.05, 3.63) is 68.5 Å². The van der Waals surface area contributed by atoms with Crippen molar-refractivity contribution in [2.75, 3.05) is 6.61 Å². The summed E-state index contributed by atoms with van der Waals surface area (Å²) in [5, 5.41) is 9.49. The van der Waals surface area contributed by atoms with E-state index < -0.39 is 35.7 Å². The van der Waals surface area contributed by atoms with Crippen molar-refractivity contribution < 1.29 is 19.4 Å². The van der Waals surface area contributed by atoms with Gasteiger partial charge >= 0.3 is 11.7 Å². The molecule has 3 rings (SSSR count). The van der Waals surface area contributed by atoms with Gasteiger partial charge in [-0.3, -0.25) is 14.3 Å². The molecule has 1 aliphatic rings. The van der Waals surface area contributed by atoms with E-state index in [2.05, 4.69) is 4.98 Å². The van der Waals surface area contributed by atoms with Crippen LogP contribution >= 0.6 is 0 Å². The van der Waals surface area contributed by atoms with E-state index in [1.165, 1.54) is 10.8 Å². The van der Waals surface area contributed by atoms with Crippen LogP contribution in [0.3, 0.4) is 0 Å². The fourth-order valence-electron chi connectivity index (χ4n) is 2.74. The lowest BCUT2D eigenvalue weighted by Crippen LogP contribution is -2.33. The van der Waals surface area contributed by atoms with Crippen molar-refractivity contribution in [3.63, 3.8) is 0 Å². The molecule has 0 saturated carbocycles. The number of nitrogens with one attached hydrogen (secondary N) is 1. The predicted octanol–water partition coefficient (Wildman–Crippen LogP) is 0.350. The van der Waals surface area contributed by atoms with Gasteiger partial charge in [0.1, 0.15) is 18.4 Å². The van der Waals surface area contributed by atoms with E-state index in [1.807, 2.05) is 0 Å². The molecule has 0 bridgehead atoms. The normalized spacial score (nSPS) is 22.7. The molecule has 1 saturated heterocycles. The van der Waals surface area contributed by atoms with Gasteiger partial charge < -0.3 is 14.6 Å². The number of carbonyl (C=O) groups is 1. The number of hydrogen-bond acceptors (Lipinski definition) is 6. The number of H-pyrrole nitrogens is 1. The largest absolute Gasteiger partial charge is 0.456 e. The number of rotatable bonds is 4. The van der Waals surface area contributed by atoms with Gasteiger partial charge in [0.05, 0.1) is 12.2 Å². The molecule has 1 aromatic carbocycles. The van der Waals surface area contributed by atoms with Crippen LogP contribution in [0.25, 0.3) is 0 Å². The first kappa shape index (κ1) is 17.1. The lowest BCUT2D eigenvalue weighted by atomic mass is 10.1. The Labute approximate surface area is 142 Å². The summed E-state index contributed by atoms with van der Waals surface area (Å²) >= 11 is 0. The first-order valence-electron chi connectivity index (χ1n) is 7.84. The Bertz CT molecular complexity index is 873. The van der Waals surface area contributed by atoms with Gasteiger partial charge in [-0.2, -0.15) is 0 Å². The average molecular weight is 346 g/mol. The quantitative estimate of drug-likeness (QED) is 0.773. The van der Waals surface area contributed by atoms with Crippen LogP contribution in [0.1, 0.15) is 28.6 Å². The summed E-state index contributed by atoms with van der Waals surface area (Å²) in [6.07, 6.45) is -0.621. The molecular weight excluding hydrogens is 328 g/mol. The Morgan fingerprint density at radius 3 is 2.76 bits per heavy atom. The molecule has 2 N–H and O–H groups in total. The summed E-state index contributed by atoms with van der Waals surface area (Å²) in [6.45, 7) is 1.21. The summed E-state index contributed by atoms with van der Waals surface area (Å²) in [5.74, 6) is -0.529. The van der Waals surface area contributed by atoms with Gasteiger partial charge in [-0.05, 0) is 19.1 Å². The second-order valence-corrected chi connectivity index (χ2v) is 5.84. The van der Waals surface area contributed by atoms with Gasteiger partial charge in [-0.15, -0.1) is 0 Å². The van der Waals surface area contributed by atoms with Crippen molar-refractivity contribution in [2.24, 2.45) is 0 Å². The minimum absolute atomic E-state index is 0.190. The fraction of sp³-hybridized carbons (Fsp3) is 0.353. The predicted molar refractivity (Wildman–Crippen MR) is 87.3 cm³/mol. The Morgan fingerprint density at radius 2 is 2.08 bits per heavy atom. The SMILES string of the molecule is Cc1cn(C2CC(OC(=O)c3ccccc3)C(CO)O2)c(=O)[nH]c1=O. The molecule has 0 spiro atoms. The monoisotopic (exact) mass is 346 g/mol. The molecule has 1 fully saturated rings. The summed E-state index contributed by atoms with van der Waals surface area (Å²) in [7, 11) is 0. The molecule has 0 radical (unpaired) electrons. The van der Waals surface area contributed by atoms with Crippen LogP contribution in [-0.2, 0) is 9.47 Å². The molecule has 25 heavy (non-hydrogen) atoms. The number of benzene rings is 1. The van der Waals surface area contributed by atoms with Crippen molar-refractivity contribution in [3.8, 4) is 0 Å². The van der Waals surface area contributed by atoms with E-state index in [4.69, 9.17) is 9.47 Å². The van der Waals surface area contributed by atoms with Crippen molar-refractivity contribution in [1.29, 1.82) is 0 Å². The zero-order valence-electron chi connectivity index (χ0n) is 13.5. The maximum Gasteiger partial charge on any atom is 0.338 e. The second-order valence-electron chi connectivity index (χ2n) is 5.84. The Hall–Kier alpha value is -2.71. The topological polar surface area (TPSA) is 111 Å². The van der Waals surface area contributed by atoms with Crippen LogP contribution in [0.15, 0.2) is 46.1 Å². The number of ether oxygens (including phenoxy) is 2. The first-order chi connectivity index (χ1) is 12.0. The molecule has 0 amide bonds. The first-order valence-corrected chi connectivity index (χ1v) is 7.84. The summed E-state index contributed by atoms with van der Waals surface area (Å²) in [5.41, 5.74) is -0.342. The van der Waals surface area contributed by atoms with Crippen LogP contribution in [0.4, 0.5) is 0 Å². The number of aliphatic hydroxyl groups excluding tert-OH is 1. The Morgan fingerprint density at radius 1 is 1.36 bits per heavy atom. The molecular formula is C17H18N2O6. The van der Waals surface area contributed by atoms with Gasteiger partial charge in [-0.1, -0.05) is 18.2 Å². The highest BCUT2D eigenvalue weighted by molar-refractivity contribution is 5.89. The van der Waals surface area contributed by atoms with Gasteiger partial charge in [0, 0.05) is 18.2 Å². The maximum absolute atomic E-state index is 12.2.